The normalized spacial score (nSPS) is 51.0. The van der Waals surface area contributed by atoms with Crippen LogP contribution in [0.25, 0.3) is 0 Å². The van der Waals surface area contributed by atoms with Crippen LogP contribution in [-0.4, -0.2) is 5.78 Å². The second-order valence-corrected chi connectivity index (χ2v) is 8.38. The van der Waals surface area contributed by atoms with Crippen LogP contribution in [-0.2, 0) is 4.79 Å². The summed E-state index contributed by atoms with van der Waals surface area (Å²) < 4.78 is 0. The molecule has 4 aliphatic rings. The zero-order valence-electron chi connectivity index (χ0n) is 13.1. The molecule has 20 heavy (non-hydrogen) atoms. The van der Waals surface area contributed by atoms with Gasteiger partial charge in [0.15, 0.2) is 0 Å². The van der Waals surface area contributed by atoms with Crippen molar-refractivity contribution in [2.75, 3.05) is 0 Å². The van der Waals surface area contributed by atoms with Gasteiger partial charge in [0.25, 0.3) is 0 Å². The lowest BCUT2D eigenvalue weighted by Crippen LogP contribution is -2.49. The number of allylic oxidation sites excluding steroid dienone is 2. The largest absolute Gasteiger partial charge is 0.299 e. The summed E-state index contributed by atoms with van der Waals surface area (Å²) in [7, 11) is 0. The van der Waals surface area contributed by atoms with Crippen molar-refractivity contribution in [2.45, 2.75) is 71.6 Å². The summed E-state index contributed by atoms with van der Waals surface area (Å²) in [6.45, 7) is 4.83. The van der Waals surface area contributed by atoms with Crippen LogP contribution < -0.4 is 0 Å². The molecule has 0 aromatic heterocycles. The quantitative estimate of drug-likeness (QED) is 0.573. The molecule has 1 heteroatoms. The first kappa shape index (κ1) is 13.1. The lowest BCUT2D eigenvalue weighted by Gasteiger charge is -2.56. The third kappa shape index (κ3) is 1.53. The summed E-state index contributed by atoms with van der Waals surface area (Å²) in [4.78, 5) is 12.4. The van der Waals surface area contributed by atoms with Crippen LogP contribution in [0.15, 0.2) is 11.6 Å². The summed E-state index contributed by atoms with van der Waals surface area (Å²) in [6.07, 6.45) is 13.9. The minimum absolute atomic E-state index is 0.0392. The van der Waals surface area contributed by atoms with E-state index in [1.54, 1.807) is 5.57 Å². The van der Waals surface area contributed by atoms with E-state index in [1.165, 1.54) is 51.4 Å². The molecule has 0 bridgehead atoms. The van der Waals surface area contributed by atoms with Crippen molar-refractivity contribution >= 4 is 5.78 Å². The Labute approximate surface area is 123 Å². The van der Waals surface area contributed by atoms with Crippen molar-refractivity contribution in [1.82, 2.24) is 0 Å². The number of hydrogen-bond acceptors (Lipinski definition) is 1. The number of carbonyl (C=O) groups excluding carboxylic acids is 1. The average molecular weight is 272 g/mol. The third-order valence-electron chi connectivity index (χ3n) is 7.73. The number of ketones is 1. The van der Waals surface area contributed by atoms with Crippen LogP contribution >= 0.6 is 0 Å². The molecule has 3 saturated carbocycles. The predicted octanol–water partition coefficient (Wildman–Crippen LogP) is 4.91. The van der Waals surface area contributed by atoms with E-state index in [-0.39, 0.29) is 5.41 Å². The van der Waals surface area contributed by atoms with Gasteiger partial charge in [-0.05, 0) is 68.1 Å². The standard InChI is InChI=1S/C19H28O/c1-18-11-4-3-5-13(18)6-7-14-15-8-9-17(20)19(15,2)12-10-16(14)18/h6,14-16H,3-5,7-12H2,1-2H3/t14-,15-,16-,18+,19-/m1/s1. The minimum atomic E-state index is 0.0392. The van der Waals surface area contributed by atoms with Crippen LogP contribution in [0, 0.1) is 28.6 Å². The molecule has 0 saturated heterocycles. The summed E-state index contributed by atoms with van der Waals surface area (Å²) >= 11 is 0. The predicted molar refractivity (Wildman–Crippen MR) is 81.3 cm³/mol. The molecule has 0 radical (unpaired) electrons. The average Bonchev–Trinajstić information content (AvgIpc) is 2.74. The van der Waals surface area contributed by atoms with Gasteiger partial charge < -0.3 is 0 Å². The van der Waals surface area contributed by atoms with Gasteiger partial charge in [-0.15, -0.1) is 0 Å². The molecule has 0 heterocycles. The van der Waals surface area contributed by atoms with E-state index < -0.39 is 0 Å². The monoisotopic (exact) mass is 272 g/mol. The van der Waals surface area contributed by atoms with Gasteiger partial charge in [0.05, 0.1) is 0 Å². The Morgan fingerprint density at radius 1 is 1.00 bits per heavy atom. The molecular formula is C19H28O. The second kappa shape index (κ2) is 4.21. The Morgan fingerprint density at radius 2 is 1.80 bits per heavy atom. The molecular weight excluding hydrogens is 244 g/mol. The highest BCUT2D eigenvalue weighted by Gasteiger charge is 2.58. The molecule has 5 atom stereocenters. The van der Waals surface area contributed by atoms with E-state index in [0.29, 0.717) is 17.1 Å². The second-order valence-electron chi connectivity index (χ2n) is 8.38. The minimum Gasteiger partial charge on any atom is -0.299 e. The third-order valence-corrected chi connectivity index (χ3v) is 7.73. The molecule has 4 rings (SSSR count). The molecule has 0 amide bonds. The Balaban J connectivity index is 1.71. The first-order valence-corrected chi connectivity index (χ1v) is 8.78. The van der Waals surface area contributed by atoms with Gasteiger partial charge in [-0.25, -0.2) is 0 Å². The first-order chi connectivity index (χ1) is 9.56. The zero-order valence-corrected chi connectivity index (χ0v) is 13.1. The topological polar surface area (TPSA) is 17.1 Å². The van der Waals surface area contributed by atoms with Gasteiger partial charge >= 0.3 is 0 Å². The lowest BCUT2D eigenvalue weighted by atomic mass is 9.48. The SMILES string of the molecule is C[C@@]12CC[C@@H]3[C@H](CC=C4CCCC[C@@]43C)[C@H]1CCC2=O. The number of Topliss-reactive ketones (excluding diaryl/α,β-unsaturated/α-hetero) is 1. The maximum atomic E-state index is 12.4. The smallest absolute Gasteiger partial charge is 0.139 e. The fourth-order valence-electron chi connectivity index (χ4n) is 6.47. The Hall–Kier alpha value is -0.590. The van der Waals surface area contributed by atoms with E-state index in [0.717, 1.165) is 18.3 Å². The highest BCUT2D eigenvalue weighted by atomic mass is 16.1. The van der Waals surface area contributed by atoms with Crippen molar-refractivity contribution in [3.63, 3.8) is 0 Å². The van der Waals surface area contributed by atoms with E-state index in [2.05, 4.69) is 19.9 Å². The van der Waals surface area contributed by atoms with Crippen LogP contribution in [0.1, 0.15) is 71.6 Å². The molecule has 0 spiro atoms. The van der Waals surface area contributed by atoms with Crippen molar-refractivity contribution in [3.8, 4) is 0 Å². The maximum Gasteiger partial charge on any atom is 0.139 e. The fraction of sp³-hybridized carbons (Fsp3) is 0.842. The molecule has 0 aromatic rings. The van der Waals surface area contributed by atoms with E-state index in [1.807, 2.05) is 0 Å². The van der Waals surface area contributed by atoms with E-state index >= 15 is 0 Å². The molecule has 0 N–H and O–H groups in total. The number of rotatable bonds is 0. The molecule has 0 unspecified atom stereocenters. The van der Waals surface area contributed by atoms with Crippen molar-refractivity contribution in [1.29, 1.82) is 0 Å². The molecule has 1 nitrogen and oxygen atoms in total. The van der Waals surface area contributed by atoms with Gasteiger partial charge in [0.1, 0.15) is 5.78 Å². The Bertz CT molecular complexity index is 476. The van der Waals surface area contributed by atoms with E-state index in [4.69, 9.17) is 0 Å². The first-order valence-electron chi connectivity index (χ1n) is 8.78. The fourth-order valence-corrected chi connectivity index (χ4v) is 6.47. The summed E-state index contributed by atoms with van der Waals surface area (Å²) in [5.41, 5.74) is 2.30. The van der Waals surface area contributed by atoms with Gasteiger partial charge in [0, 0.05) is 11.8 Å². The van der Waals surface area contributed by atoms with E-state index in [9.17, 15) is 4.79 Å². The maximum absolute atomic E-state index is 12.4. The van der Waals surface area contributed by atoms with Gasteiger partial charge in [0.2, 0.25) is 0 Å². The summed E-state index contributed by atoms with van der Waals surface area (Å²) in [6, 6.07) is 0. The highest BCUT2D eigenvalue weighted by molar-refractivity contribution is 5.87. The Kier molecular flexibility index (Phi) is 2.76. The number of carbonyl (C=O) groups is 1. The molecule has 3 fully saturated rings. The molecule has 110 valence electrons. The van der Waals surface area contributed by atoms with Crippen molar-refractivity contribution in [3.05, 3.63) is 11.6 Å². The number of hydrogen-bond donors (Lipinski definition) is 0. The van der Waals surface area contributed by atoms with Gasteiger partial charge in [-0.2, -0.15) is 0 Å². The molecule has 4 aliphatic carbocycles. The lowest BCUT2D eigenvalue weighted by molar-refractivity contribution is -0.131. The van der Waals surface area contributed by atoms with Crippen molar-refractivity contribution < 1.29 is 4.79 Å². The van der Waals surface area contributed by atoms with Crippen molar-refractivity contribution in [2.24, 2.45) is 28.6 Å². The number of fused-ring (bicyclic) bond motifs is 5. The van der Waals surface area contributed by atoms with Crippen LogP contribution in [0.4, 0.5) is 0 Å². The van der Waals surface area contributed by atoms with Crippen LogP contribution in [0.2, 0.25) is 0 Å². The summed E-state index contributed by atoms with van der Waals surface area (Å²) in [5.74, 6) is 2.92. The van der Waals surface area contributed by atoms with Crippen LogP contribution in [0.3, 0.4) is 0 Å². The van der Waals surface area contributed by atoms with Gasteiger partial charge in [-0.3, -0.25) is 4.79 Å². The molecule has 0 aromatic carbocycles. The van der Waals surface area contributed by atoms with Crippen LogP contribution in [0.5, 0.6) is 0 Å². The zero-order chi connectivity index (χ0) is 14.0. The van der Waals surface area contributed by atoms with Gasteiger partial charge in [-0.1, -0.05) is 31.9 Å². The highest BCUT2D eigenvalue weighted by Crippen LogP contribution is 2.63. The molecule has 0 aliphatic heterocycles. The Morgan fingerprint density at radius 3 is 2.65 bits per heavy atom. The summed E-state index contributed by atoms with van der Waals surface area (Å²) in [5, 5.41) is 0.